The van der Waals surface area contributed by atoms with Crippen LogP contribution in [0.5, 0.6) is 0 Å². The van der Waals surface area contributed by atoms with Gasteiger partial charge in [0.05, 0.1) is 11.3 Å². The molecule has 0 saturated heterocycles. The quantitative estimate of drug-likeness (QED) is 0.803. The Hall–Kier alpha value is -1.58. The topological polar surface area (TPSA) is 54.0 Å². The second-order valence-electron chi connectivity index (χ2n) is 5.53. The van der Waals surface area contributed by atoms with E-state index in [2.05, 4.69) is 43.3 Å². The van der Waals surface area contributed by atoms with E-state index < -0.39 is 0 Å². The number of anilines is 1. The molecule has 1 aromatic rings. The molecular weight excluding hydrogens is 250 g/mol. The van der Waals surface area contributed by atoms with Crippen LogP contribution in [0.4, 0.5) is 5.69 Å². The maximum absolute atomic E-state index is 12.4. The molecule has 4 nitrogen and oxygen atoms in total. The smallest absolute Gasteiger partial charge is 0.255 e. The van der Waals surface area contributed by atoms with Gasteiger partial charge in [-0.2, -0.15) is 0 Å². The Labute approximate surface area is 122 Å². The number of nitrogens with one attached hydrogen (secondary N) is 2. The van der Waals surface area contributed by atoms with Crippen molar-refractivity contribution < 1.29 is 4.79 Å². The normalized spacial score (nSPS) is 12.3. The van der Waals surface area contributed by atoms with E-state index >= 15 is 0 Å². The Balaban J connectivity index is 2.91. The van der Waals surface area contributed by atoms with E-state index in [1.165, 1.54) is 0 Å². The van der Waals surface area contributed by atoms with Crippen molar-refractivity contribution in [3.63, 3.8) is 0 Å². The van der Waals surface area contributed by atoms with Gasteiger partial charge >= 0.3 is 0 Å². The van der Waals surface area contributed by atoms with Gasteiger partial charge in [-0.05, 0) is 31.7 Å². The molecule has 1 rings (SSSR count). The molecule has 2 N–H and O–H groups in total. The molecule has 0 aliphatic carbocycles. The lowest BCUT2D eigenvalue weighted by molar-refractivity contribution is 0.0925. The molecule has 4 heteroatoms. The van der Waals surface area contributed by atoms with Crippen LogP contribution in [0.25, 0.3) is 0 Å². The van der Waals surface area contributed by atoms with Crippen LogP contribution in [0.2, 0.25) is 0 Å². The lowest BCUT2D eigenvalue weighted by atomic mass is 10.0. The lowest BCUT2D eigenvalue weighted by Crippen LogP contribution is -2.38. The van der Waals surface area contributed by atoms with Gasteiger partial charge in [-0.25, -0.2) is 0 Å². The number of hydrogen-bond donors (Lipinski definition) is 2. The minimum Gasteiger partial charge on any atom is -0.384 e. The predicted molar refractivity (Wildman–Crippen MR) is 84.1 cm³/mol. The summed E-state index contributed by atoms with van der Waals surface area (Å²) in [4.78, 5) is 16.7. The van der Waals surface area contributed by atoms with Gasteiger partial charge in [-0.3, -0.25) is 9.78 Å². The van der Waals surface area contributed by atoms with Crippen LogP contribution in [0, 0.1) is 12.8 Å². The highest BCUT2D eigenvalue weighted by atomic mass is 16.1. The van der Waals surface area contributed by atoms with E-state index in [0.717, 1.165) is 30.8 Å². The fourth-order valence-corrected chi connectivity index (χ4v) is 2.13. The summed E-state index contributed by atoms with van der Waals surface area (Å²) in [5.74, 6) is 0.381. The van der Waals surface area contributed by atoms with Crippen LogP contribution in [0.3, 0.4) is 0 Å². The zero-order valence-electron chi connectivity index (χ0n) is 13.3. The number of rotatable bonds is 7. The van der Waals surface area contributed by atoms with Crippen LogP contribution in [0.15, 0.2) is 12.3 Å². The monoisotopic (exact) mass is 277 g/mol. The van der Waals surface area contributed by atoms with Gasteiger partial charge in [-0.15, -0.1) is 0 Å². The van der Waals surface area contributed by atoms with Crippen LogP contribution in [-0.4, -0.2) is 23.5 Å². The Kier molecular flexibility index (Phi) is 6.49. The van der Waals surface area contributed by atoms with Crippen molar-refractivity contribution in [2.45, 2.75) is 53.5 Å². The van der Waals surface area contributed by atoms with Crippen LogP contribution < -0.4 is 10.6 Å². The van der Waals surface area contributed by atoms with Crippen molar-refractivity contribution in [1.29, 1.82) is 0 Å². The van der Waals surface area contributed by atoms with Gasteiger partial charge in [0, 0.05) is 24.5 Å². The number of amides is 1. The highest BCUT2D eigenvalue weighted by Crippen LogP contribution is 2.17. The molecule has 1 heterocycles. The number of pyridine rings is 1. The third-order valence-corrected chi connectivity index (χ3v) is 3.41. The minimum atomic E-state index is -0.0448. The van der Waals surface area contributed by atoms with E-state index in [1.54, 1.807) is 6.20 Å². The average molecular weight is 277 g/mol. The second kappa shape index (κ2) is 7.88. The van der Waals surface area contributed by atoms with E-state index in [-0.39, 0.29) is 11.9 Å². The molecule has 0 spiro atoms. The number of nitrogens with zero attached hydrogens (tertiary/aromatic N) is 1. The van der Waals surface area contributed by atoms with E-state index in [4.69, 9.17) is 0 Å². The molecule has 1 unspecified atom stereocenters. The zero-order valence-corrected chi connectivity index (χ0v) is 13.3. The fraction of sp³-hybridized carbons (Fsp3) is 0.625. The van der Waals surface area contributed by atoms with Gasteiger partial charge < -0.3 is 10.6 Å². The summed E-state index contributed by atoms with van der Waals surface area (Å²) in [6, 6.07) is 2.13. The van der Waals surface area contributed by atoms with E-state index in [1.807, 2.05) is 13.0 Å². The number of carbonyl (C=O) groups is 1. The molecule has 112 valence electrons. The molecule has 0 aliphatic rings. The number of aromatic nitrogens is 1. The fourth-order valence-electron chi connectivity index (χ4n) is 2.13. The van der Waals surface area contributed by atoms with Gasteiger partial charge in [0.1, 0.15) is 0 Å². The highest BCUT2D eigenvalue weighted by molar-refractivity contribution is 5.99. The summed E-state index contributed by atoms with van der Waals surface area (Å²) in [5.41, 5.74) is 2.41. The van der Waals surface area contributed by atoms with Crippen molar-refractivity contribution in [2.24, 2.45) is 5.92 Å². The molecule has 0 aliphatic heterocycles. The SMILES string of the molecule is CCCNc1cc(C)ncc1C(=O)NC(CC)C(C)C. The van der Waals surface area contributed by atoms with Crippen molar-refractivity contribution in [1.82, 2.24) is 10.3 Å². The molecular formula is C16H27N3O. The largest absolute Gasteiger partial charge is 0.384 e. The first kappa shape index (κ1) is 16.5. The van der Waals surface area contributed by atoms with Gasteiger partial charge in [0.25, 0.3) is 5.91 Å². The van der Waals surface area contributed by atoms with Gasteiger partial charge in [0.15, 0.2) is 0 Å². The van der Waals surface area contributed by atoms with Gasteiger partial charge in [0.2, 0.25) is 0 Å². The zero-order chi connectivity index (χ0) is 15.1. The Morgan fingerprint density at radius 2 is 2.05 bits per heavy atom. The summed E-state index contributed by atoms with van der Waals surface area (Å²) in [5, 5.41) is 6.40. The predicted octanol–water partition coefficient (Wildman–Crippen LogP) is 3.38. The molecule has 1 amide bonds. The van der Waals surface area contributed by atoms with Crippen molar-refractivity contribution >= 4 is 11.6 Å². The first-order valence-electron chi connectivity index (χ1n) is 7.50. The first-order chi connectivity index (χ1) is 9.49. The Bertz CT molecular complexity index is 443. The number of carbonyl (C=O) groups excluding carboxylic acids is 1. The minimum absolute atomic E-state index is 0.0448. The molecule has 0 fully saturated rings. The first-order valence-corrected chi connectivity index (χ1v) is 7.50. The Morgan fingerprint density at radius 3 is 2.60 bits per heavy atom. The Morgan fingerprint density at radius 1 is 1.35 bits per heavy atom. The lowest BCUT2D eigenvalue weighted by Gasteiger charge is -2.21. The molecule has 0 radical (unpaired) electrons. The third-order valence-electron chi connectivity index (χ3n) is 3.41. The average Bonchev–Trinajstić information content (AvgIpc) is 2.41. The second-order valence-corrected chi connectivity index (χ2v) is 5.53. The summed E-state index contributed by atoms with van der Waals surface area (Å²) < 4.78 is 0. The number of hydrogen-bond acceptors (Lipinski definition) is 3. The van der Waals surface area contributed by atoms with Crippen LogP contribution in [0.1, 0.15) is 56.6 Å². The summed E-state index contributed by atoms with van der Waals surface area (Å²) in [6.45, 7) is 11.2. The van der Waals surface area contributed by atoms with Crippen molar-refractivity contribution in [2.75, 3.05) is 11.9 Å². The highest BCUT2D eigenvalue weighted by Gasteiger charge is 2.18. The molecule has 1 atom stereocenters. The van der Waals surface area contributed by atoms with Crippen molar-refractivity contribution in [3.8, 4) is 0 Å². The maximum atomic E-state index is 12.4. The van der Waals surface area contributed by atoms with Crippen LogP contribution >= 0.6 is 0 Å². The third kappa shape index (κ3) is 4.51. The summed E-state index contributed by atoms with van der Waals surface area (Å²) in [6.07, 6.45) is 3.61. The molecule has 1 aromatic heterocycles. The molecule has 0 aromatic carbocycles. The van der Waals surface area contributed by atoms with Crippen molar-refractivity contribution in [3.05, 3.63) is 23.5 Å². The van der Waals surface area contributed by atoms with E-state index in [0.29, 0.717) is 11.5 Å². The van der Waals surface area contributed by atoms with E-state index in [9.17, 15) is 4.79 Å². The molecule has 20 heavy (non-hydrogen) atoms. The summed E-state index contributed by atoms with van der Waals surface area (Å²) in [7, 11) is 0. The van der Waals surface area contributed by atoms with Crippen LogP contribution in [-0.2, 0) is 0 Å². The summed E-state index contributed by atoms with van der Waals surface area (Å²) >= 11 is 0. The standard InChI is InChI=1S/C16H27N3O/c1-6-8-17-15-9-12(5)18-10-13(15)16(20)19-14(7-2)11(3)4/h9-11,14H,6-8H2,1-5H3,(H,17,18)(H,19,20). The van der Waals surface area contributed by atoms with Gasteiger partial charge in [-0.1, -0.05) is 27.7 Å². The molecule has 0 saturated carbocycles. The molecule has 0 bridgehead atoms. The number of aryl methyl sites for hydroxylation is 1. The maximum Gasteiger partial charge on any atom is 0.255 e.